The third kappa shape index (κ3) is 2.70. The number of hydrogen-bond donors (Lipinski definition) is 0. The van der Waals surface area contributed by atoms with E-state index in [2.05, 4.69) is 29.3 Å². The molecule has 130 valence electrons. The molecule has 0 unspecified atom stereocenters. The highest BCUT2D eigenvalue weighted by Gasteiger charge is 2.15. The van der Waals surface area contributed by atoms with Crippen molar-refractivity contribution in [3.05, 3.63) is 75.3 Å². The summed E-state index contributed by atoms with van der Waals surface area (Å²) in [7, 11) is 0. The van der Waals surface area contributed by atoms with Gasteiger partial charge in [-0.05, 0) is 37.1 Å². The van der Waals surface area contributed by atoms with Crippen LogP contribution in [0, 0.1) is 24.0 Å². The van der Waals surface area contributed by atoms with Gasteiger partial charge >= 0.3 is 0 Å². The van der Waals surface area contributed by atoms with Crippen LogP contribution in [0.5, 0.6) is 0 Å². The molecule has 0 aliphatic rings. The summed E-state index contributed by atoms with van der Waals surface area (Å²) in [5.74, 6) is 0.594. The van der Waals surface area contributed by atoms with Gasteiger partial charge in [0.05, 0.1) is 10.4 Å². The Morgan fingerprint density at radius 2 is 1.92 bits per heavy atom. The number of aromatic nitrogens is 3. The molecule has 0 saturated carbocycles. The molecule has 4 aromatic rings. The molecule has 0 atom stereocenters. The molecule has 2 heterocycles. The Hall–Kier alpha value is -2.93. The Labute approximate surface area is 154 Å². The molecule has 0 amide bonds. The van der Waals surface area contributed by atoms with Gasteiger partial charge in [0.2, 0.25) is 0 Å². The number of nitrogens with zero attached hydrogens (tertiary/aromatic N) is 4. The molecule has 0 N–H and O–H groups in total. The zero-order chi connectivity index (χ0) is 18.3. The van der Waals surface area contributed by atoms with Crippen LogP contribution in [0.3, 0.4) is 0 Å². The summed E-state index contributed by atoms with van der Waals surface area (Å²) >= 11 is 1.53. The van der Waals surface area contributed by atoms with Crippen molar-refractivity contribution < 1.29 is 4.92 Å². The molecule has 0 aliphatic heterocycles. The van der Waals surface area contributed by atoms with Crippen LogP contribution in [0.2, 0.25) is 0 Å². The van der Waals surface area contributed by atoms with Gasteiger partial charge in [0.1, 0.15) is 0 Å². The van der Waals surface area contributed by atoms with Crippen molar-refractivity contribution in [1.82, 2.24) is 14.6 Å². The Morgan fingerprint density at radius 3 is 2.73 bits per heavy atom. The van der Waals surface area contributed by atoms with Gasteiger partial charge in [-0.3, -0.25) is 14.5 Å². The van der Waals surface area contributed by atoms with E-state index in [4.69, 9.17) is 0 Å². The van der Waals surface area contributed by atoms with E-state index in [1.165, 1.54) is 17.8 Å². The van der Waals surface area contributed by atoms with E-state index < -0.39 is 0 Å². The standard InChI is InChI=1S/C19H16N4O2S/c1-12-10-18-20-21-19(22(18)17-8-4-3-7-15(12)17)26-11-14-6-5-9-16(13(14)2)23(24)25/h3-10H,11H2,1-2H3. The van der Waals surface area contributed by atoms with Gasteiger partial charge in [-0.1, -0.05) is 42.1 Å². The highest BCUT2D eigenvalue weighted by molar-refractivity contribution is 7.98. The number of pyridine rings is 1. The van der Waals surface area contributed by atoms with Gasteiger partial charge in [0.15, 0.2) is 10.8 Å². The number of thioether (sulfide) groups is 1. The van der Waals surface area contributed by atoms with E-state index in [1.54, 1.807) is 13.0 Å². The van der Waals surface area contributed by atoms with Crippen LogP contribution in [0.25, 0.3) is 16.6 Å². The maximum absolute atomic E-state index is 11.1. The zero-order valence-electron chi connectivity index (χ0n) is 14.3. The van der Waals surface area contributed by atoms with Crippen molar-refractivity contribution in [3.8, 4) is 0 Å². The van der Waals surface area contributed by atoms with Crippen LogP contribution >= 0.6 is 11.8 Å². The second-order valence-corrected chi connectivity index (χ2v) is 7.07. The summed E-state index contributed by atoms with van der Waals surface area (Å²) in [6.45, 7) is 3.85. The van der Waals surface area contributed by atoms with Crippen molar-refractivity contribution in [2.24, 2.45) is 0 Å². The van der Waals surface area contributed by atoms with Crippen molar-refractivity contribution in [2.75, 3.05) is 0 Å². The van der Waals surface area contributed by atoms with Crippen LogP contribution in [0.4, 0.5) is 5.69 Å². The van der Waals surface area contributed by atoms with Gasteiger partial charge < -0.3 is 0 Å². The molecule has 0 spiro atoms. The molecule has 0 aliphatic carbocycles. The Morgan fingerprint density at radius 1 is 1.12 bits per heavy atom. The van der Waals surface area contributed by atoms with Gasteiger partial charge in [0.25, 0.3) is 5.69 Å². The SMILES string of the molecule is Cc1c(CSc2nnc3cc(C)c4ccccc4n23)cccc1[N+](=O)[O-]. The lowest BCUT2D eigenvalue weighted by molar-refractivity contribution is -0.385. The molecule has 0 bridgehead atoms. The van der Waals surface area contributed by atoms with Crippen LogP contribution < -0.4 is 0 Å². The molecule has 26 heavy (non-hydrogen) atoms. The maximum Gasteiger partial charge on any atom is 0.272 e. The second-order valence-electron chi connectivity index (χ2n) is 6.13. The maximum atomic E-state index is 11.1. The predicted octanol–water partition coefficient (Wildman–Crippen LogP) is 4.70. The molecule has 0 fully saturated rings. The number of rotatable bonds is 4. The van der Waals surface area contributed by atoms with Crippen LogP contribution in [-0.4, -0.2) is 19.5 Å². The van der Waals surface area contributed by atoms with Crippen molar-refractivity contribution in [1.29, 1.82) is 0 Å². The number of hydrogen-bond acceptors (Lipinski definition) is 5. The smallest absolute Gasteiger partial charge is 0.270 e. The fourth-order valence-electron chi connectivity index (χ4n) is 3.13. The molecule has 7 heteroatoms. The number of para-hydroxylation sites is 1. The lowest BCUT2D eigenvalue weighted by atomic mass is 10.1. The largest absolute Gasteiger partial charge is 0.272 e. The Bertz CT molecular complexity index is 1150. The highest BCUT2D eigenvalue weighted by Crippen LogP contribution is 2.30. The van der Waals surface area contributed by atoms with Crippen LogP contribution in [-0.2, 0) is 5.75 Å². The van der Waals surface area contributed by atoms with Crippen molar-refractivity contribution in [2.45, 2.75) is 24.8 Å². The van der Waals surface area contributed by atoms with Gasteiger partial charge in [0, 0.05) is 22.8 Å². The molecule has 2 aromatic carbocycles. The number of nitro groups is 1. The first-order valence-electron chi connectivity index (χ1n) is 8.15. The molecule has 4 rings (SSSR count). The summed E-state index contributed by atoms with van der Waals surface area (Å²) in [5, 5.41) is 21.7. The summed E-state index contributed by atoms with van der Waals surface area (Å²) in [6.07, 6.45) is 0. The highest BCUT2D eigenvalue weighted by atomic mass is 32.2. The minimum Gasteiger partial charge on any atom is -0.270 e. The Kier molecular flexibility index (Phi) is 4.08. The van der Waals surface area contributed by atoms with Gasteiger partial charge in [-0.25, -0.2) is 0 Å². The van der Waals surface area contributed by atoms with Crippen molar-refractivity contribution in [3.63, 3.8) is 0 Å². The average Bonchev–Trinajstić information content (AvgIpc) is 3.04. The van der Waals surface area contributed by atoms with Crippen LogP contribution in [0.1, 0.15) is 16.7 Å². The third-order valence-corrected chi connectivity index (χ3v) is 5.52. The molecule has 6 nitrogen and oxygen atoms in total. The average molecular weight is 364 g/mol. The zero-order valence-corrected chi connectivity index (χ0v) is 15.2. The fourth-order valence-corrected chi connectivity index (χ4v) is 4.15. The van der Waals surface area contributed by atoms with Gasteiger partial charge in [-0.15, -0.1) is 10.2 Å². The minimum atomic E-state index is -0.341. The first kappa shape index (κ1) is 16.5. The minimum absolute atomic E-state index is 0.148. The molecular formula is C19H16N4O2S. The molecule has 2 aromatic heterocycles. The first-order chi connectivity index (χ1) is 12.6. The monoisotopic (exact) mass is 364 g/mol. The predicted molar refractivity (Wildman–Crippen MR) is 103 cm³/mol. The number of nitro benzene ring substituents is 1. The molecule has 0 saturated heterocycles. The third-order valence-electron chi connectivity index (χ3n) is 4.54. The summed E-state index contributed by atoms with van der Waals surface area (Å²) in [6, 6.07) is 15.4. The lowest BCUT2D eigenvalue weighted by Gasteiger charge is -2.08. The van der Waals surface area contributed by atoms with Gasteiger partial charge in [-0.2, -0.15) is 0 Å². The number of fused-ring (bicyclic) bond motifs is 3. The number of aryl methyl sites for hydroxylation is 1. The van der Waals surface area contributed by atoms with E-state index in [1.807, 2.05) is 28.7 Å². The number of benzene rings is 2. The first-order valence-corrected chi connectivity index (χ1v) is 9.14. The summed E-state index contributed by atoms with van der Waals surface area (Å²) in [4.78, 5) is 10.8. The van der Waals surface area contributed by atoms with E-state index >= 15 is 0 Å². The Balaban J connectivity index is 1.74. The second kappa shape index (κ2) is 6.42. The summed E-state index contributed by atoms with van der Waals surface area (Å²) < 4.78 is 2.04. The topological polar surface area (TPSA) is 73.3 Å². The van der Waals surface area contributed by atoms with E-state index in [0.29, 0.717) is 11.3 Å². The summed E-state index contributed by atoms with van der Waals surface area (Å²) in [5.41, 5.74) is 4.80. The van der Waals surface area contributed by atoms with E-state index in [0.717, 1.165) is 32.8 Å². The quantitative estimate of drug-likeness (QED) is 0.298. The normalized spacial score (nSPS) is 11.3. The lowest BCUT2D eigenvalue weighted by Crippen LogP contribution is -1.96. The van der Waals surface area contributed by atoms with Crippen LogP contribution in [0.15, 0.2) is 53.7 Å². The van der Waals surface area contributed by atoms with E-state index in [-0.39, 0.29) is 10.6 Å². The molecular weight excluding hydrogens is 348 g/mol. The fraction of sp³-hybridized carbons (Fsp3) is 0.158. The molecule has 0 radical (unpaired) electrons. The van der Waals surface area contributed by atoms with E-state index in [9.17, 15) is 10.1 Å². The van der Waals surface area contributed by atoms with Crippen molar-refractivity contribution >= 4 is 34.0 Å².